The molecule has 1 aliphatic heterocycles. The van der Waals surface area contributed by atoms with Gasteiger partial charge >= 0.3 is 0 Å². The van der Waals surface area contributed by atoms with Gasteiger partial charge in [0.2, 0.25) is 10.0 Å². The van der Waals surface area contributed by atoms with E-state index in [1.807, 2.05) is 0 Å². The Hall–Kier alpha value is 0.590. The maximum Gasteiger partial charge on any atom is 0.250 e. The molecular formula is C11H20BrCl2N3O2S2. The lowest BCUT2D eigenvalue weighted by Crippen LogP contribution is -2.44. The first-order valence-corrected chi connectivity index (χ1v) is 9.35. The fourth-order valence-electron chi connectivity index (χ4n) is 1.96. The van der Waals surface area contributed by atoms with Crippen LogP contribution in [0.5, 0.6) is 0 Å². The van der Waals surface area contributed by atoms with E-state index in [-0.39, 0.29) is 24.8 Å². The molecule has 0 atom stereocenters. The Morgan fingerprint density at radius 1 is 1.29 bits per heavy atom. The van der Waals surface area contributed by atoms with E-state index in [0.29, 0.717) is 10.8 Å². The Morgan fingerprint density at radius 2 is 1.95 bits per heavy atom. The van der Waals surface area contributed by atoms with Crippen LogP contribution in [0.25, 0.3) is 0 Å². The lowest BCUT2D eigenvalue weighted by molar-refractivity contribution is 0.239. The molecule has 1 aromatic rings. The fourth-order valence-corrected chi connectivity index (χ4v) is 5.09. The van der Waals surface area contributed by atoms with Gasteiger partial charge in [-0.2, -0.15) is 0 Å². The molecule has 2 rings (SSSR count). The van der Waals surface area contributed by atoms with Gasteiger partial charge in [0.15, 0.2) is 0 Å². The van der Waals surface area contributed by atoms with Crippen LogP contribution in [-0.2, 0) is 10.0 Å². The first-order valence-electron chi connectivity index (χ1n) is 6.26. The SMILES string of the molecule is Cl.Cl.O=S(=O)(NCCCN1CCNCC1)c1ccc(Br)s1. The number of thiophene rings is 1. The fraction of sp³-hybridized carbons (Fsp3) is 0.636. The summed E-state index contributed by atoms with van der Waals surface area (Å²) in [5, 5.41) is 3.30. The summed E-state index contributed by atoms with van der Waals surface area (Å²) in [5.41, 5.74) is 0. The second-order valence-corrected chi connectivity index (χ2v) is 8.86. The maximum atomic E-state index is 12.0. The molecule has 2 N–H and O–H groups in total. The second-order valence-electron chi connectivity index (χ2n) is 4.40. The van der Waals surface area contributed by atoms with Gasteiger partial charge in [-0.1, -0.05) is 0 Å². The summed E-state index contributed by atoms with van der Waals surface area (Å²) in [6.07, 6.45) is 0.839. The van der Waals surface area contributed by atoms with Crippen molar-refractivity contribution in [2.24, 2.45) is 0 Å². The lowest BCUT2D eigenvalue weighted by Gasteiger charge is -2.26. The molecule has 0 aromatic carbocycles. The van der Waals surface area contributed by atoms with Gasteiger partial charge in [-0.25, -0.2) is 13.1 Å². The van der Waals surface area contributed by atoms with E-state index >= 15 is 0 Å². The van der Waals surface area contributed by atoms with E-state index in [2.05, 4.69) is 30.9 Å². The predicted octanol–water partition coefficient (Wildman–Crippen LogP) is 1.93. The predicted molar refractivity (Wildman–Crippen MR) is 95.6 cm³/mol. The topological polar surface area (TPSA) is 61.4 Å². The van der Waals surface area contributed by atoms with E-state index in [1.165, 1.54) is 11.3 Å². The van der Waals surface area contributed by atoms with Crippen molar-refractivity contribution in [2.45, 2.75) is 10.6 Å². The van der Waals surface area contributed by atoms with Crippen molar-refractivity contribution in [2.75, 3.05) is 39.3 Å². The first-order chi connectivity index (χ1) is 9.08. The summed E-state index contributed by atoms with van der Waals surface area (Å²) in [6.45, 7) is 5.57. The van der Waals surface area contributed by atoms with Crippen LogP contribution >= 0.6 is 52.1 Å². The van der Waals surface area contributed by atoms with Gasteiger partial charge < -0.3 is 10.2 Å². The monoisotopic (exact) mass is 439 g/mol. The van der Waals surface area contributed by atoms with Gasteiger partial charge in [0.1, 0.15) is 4.21 Å². The third-order valence-electron chi connectivity index (χ3n) is 2.97. The molecule has 1 aliphatic rings. The van der Waals surface area contributed by atoms with Gasteiger partial charge in [0.05, 0.1) is 3.79 Å². The van der Waals surface area contributed by atoms with Crippen LogP contribution in [0.3, 0.4) is 0 Å². The molecule has 0 radical (unpaired) electrons. The summed E-state index contributed by atoms with van der Waals surface area (Å²) in [7, 11) is -3.33. The third-order valence-corrected chi connectivity index (χ3v) is 6.54. The minimum Gasteiger partial charge on any atom is -0.314 e. The van der Waals surface area contributed by atoms with Crippen LogP contribution in [0.15, 0.2) is 20.1 Å². The van der Waals surface area contributed by atoms with Crippen LogP contribution in [0.1, 0.15) is 6.42 Å². The van der Waals surface area contributed by atoms with E-state index in [9.17, 15) is 8.42 Å². The van der Waals surface area contributed by atoms with Crippen LogP contribution in [-0.4, -0.2) is 52.6 Å². The zero-order chi connectivity index (χ0) is 13.7. The smallest absolute Gasteiger partial charge is 0.250 e. The van der Waals surface area contributed by atoms with Crippen molar-refractivity contribution in [1.29, 1.82) is 0 Å². The van der Waals surface area contributed by atoms with Crippen molar-refractivity contribution < 1.29 is 8.42 Å². The number of hydrogen-bond acceptors (Lipinski definition) is 5. The number of halogens is 3. The Labute approximate surface area is 150 Å². The number of hydrogen-bond donors (Lipinski definition) is 2. The summed E-state index contributed by atoms with van der Waals surface area (Å²) in [5.74, 6) is 0. The van der Waals surface area contributed by atoms with Gasteiger partial charge in [-0.15, -0.1) is 36.2 Å². The maximum absolute atomic E-state index is 12.0. The largest absolute Gasteiger partial charge is 0.314 e. The molecule has 0 unspecified atom stereocenters. The zero-order valence-electron chi connectivity index (χ0n) is 11.4. The zero-order valence-corrected chi connectivity index (χ0v) is 16.2. The highest BCUT2D eigenvalue weighted by Gasteiger charge is 2.16. The van der Waals surface area contributed by atoms with Crippen molar-refractivity contribution >= 4 is 62.1 Å². The normalized spacial score (nSPS) is 16.0. The average molecular weight is 441 g/mol. The van der Waals surface area contributed by atoms with E-state index in [1.54, 1.807) is 12.1 Å². The third kappa shape index (κ3) is 7.13. The highest BCUT2D eigenvalue weighted by atomic mass is 79.9. The van der Waals surface area contributed by atoms with Gasteiger partial charge in [-0.3, -0.25) is 0 Å². The van der Waals surface area contributed by atoms with Crippen LogP contribution in [0.4, 0.5) is 0 Å². The number of nitrogens with zero attached hydrogens (tertiary/aromatic N) is 1. The van der Waals surface area contributed by atoms with Crippen molar-refractivity contribution in [3.8, 4) is 0 Å². The van der Waals surface area contributed by atoms with E-state index < -0.39 is 10.0 Å². The molecule has 0 amide bonds. The van der Waals surface area contributed by atoms with Crippen LogP contribution in [0, 0.1) is 0 Å². The lowest BCUT2D eigenvalue weighted by atomic mass is 10.3. The van der Waals surface area contributed by atoms with Gasteiger partial charge in [0.25, 0.3) is 0 Å². The Balaban J connectivity index is 0.00000200. The minimum atomic E-state index is -3.33. The number of piperazine rings is 1. The van der Waals surface area contributed by atoms with Crippen molar-refractivity contribution in [1.82, 2.24) is 14.9 Å². The molecule has 21 heavy (non-hydrogen) atoms. The molecule has 1 fully saturated rings. The Bertz CT molecular complexity index is 507. The van der Waals surface area contributed by atoms with E-state index in [4.69, 9.17) is 0 Å². The molecule has 0 saturated carbocycles. The summed E-state index contributed by atoms with van der Waals surface area (Å²) < 4.78 is 27.7. The van der Waals surface area contributed by atoms with Gasteiger partial charge in [0, 0.05) is 32.7 Å². The highest BCUT2D eigenvalue weighted by molar-refractivity contribution is 9.11. The molecule has 2 heterocycles. The van der Waals surface area contributed by atoms with Gasteiger partial charge in [-0.05, 0) is 41.0 Å². The Kier molecular flexibility index (Phi) is 10.7. The molecule has 124 valence electrons. The molecule has 1 aromatic heterocycles. The summed E-state index contributed by atoms with van der Waals surface area (Å²) in [6, 6.07) is 3.37. The molecule has 0 bridgehead atoms. The van der Waals surface area contributed by atoms with E-state index in [0.717, 1.165) is 42.9 Å². The number of rotatable bonds is 6. The van der Waals surface area contributed by atoms with Crippen molar-refractivity contribution in [3.05, 3.63) is 15.9 Å². The Morgan fingerprint density at radius 3 is 2.52 bits per heavy atom. The molecule has 10 heteroatoms. The van der Waals surface area contributed by atoms with Crippen LogP contribution < -0.4 is 10.0 Å². The van der Waals surface area contributed by atoms with Crippen LogP contribution in [0.2, 0.25) is 0 Å². The molecule has 0 spiro atoms. The molecular weight excluding hydrogens is 421 g/mol. The molecule has 1 saturated heterocycles. The summed E-state index contributed by atoms with van der Waals surface area (Å²) in [4.78, 5) is 2.35. The first kappa shape index (κ1) is 21.6. The number of nitrogens with one attached hydrogen (secondary N) is 2. The molecule has 5 nitrogen and oxygen atoms in total. The van der Waals surface area contributed by atoms with Crippen molar-refractivity contribution in [3.63, 3.8) is 0 Å². The standard InChI is InChI=1S/C11H18BrN3O2S2.2ClH/c12-10-2-3-11(18-10)19(16,17)14-4-1-7-15-8-5-13-6-9-15;;/h2-3,13-14H,1,4-9H2;2*1H. The highest BCUT2D eigenvalue weighted by Crippen LogP contribution is 2.25. The average Bonchev–Trinajstić information content (AvgIpc) is 2.84. The second kappa shape index (κ2) is 10.4. The quantitative estimate of drug-likeness (QED) is 0.663. The molecule has 0 aliphatic carbocycles. The summed E-state index contributed by atoms with van der Waals surface area (Å²) >= 11 is 4.50. The number of sulfonamides is 1. The minimum absolute atomic E-state index is 0.